The summed E-state index contributed by atoms with van der Waals surface area (Å²) in [6, 6.07) is 20.4. The Kier molecular flexibility index (Phi) is 3.74. The average molecular weight is 281 g/mol. The minimum absolute atomic E-state index is 0.180. The number of para-hydroxylation sites is 1. The maximum Gasteiger partial charge on any atom is 0.194 e. The Hall–Kier alpha value is -2.20. The Morgan fingerprint density at radius 2 is 1.70 bits per heavy atom. The second kappa shape index (κ2) is 5.84. The highest BCUT2D eigenvalue weighted by Gasteiger charge is 2.25. The minimum Gasteiger partial charge on any atom is -0.331 e. The molecule has 1 aliphatic heterocycles. The first-order valence-corrected chi connectivity index (χ1v) is 6.98. The Balaban J connectivity index is 1.75. The summed E-state index contributed by atoms with van der Waals surface area (Å²) in [5.41, 5.74) is 2.20. The van der Waals surface area contributed by atoms with Gasteiger partial charge in [0.25, 0.3) is 0 Å². The molecule has 3 nitrogen and oxygen atoms in total. The molecule has 1 aliphatic rings. The van der Waals surface area contributed by atoms with Crippen LogP contribution in [0.25, 0.3) is 0 Å². The molecule has 20 heavy (non-hydrogen) atoms. The normalized spacial score (nSPS) is 17.2. The Bertz CT molecular complexity index is 610. The quantitative estimate of drug-likeness (QED) is 0.848. The number of nitrogens with zero attached hydrogens (tertiary/aromatic N) is 2. The van der Waals surface area contributed by atoms with Crippen LogP contribution in [0.1, 0.15) is 18.0 Å². The van der Waals surface area contributed by atoms with Crippen LogP contribution in [0.5, 0.6) is 0 Å². The summed E-state index contributed by atoms with van der Waals surface area (Å²) in [5.74, 6) is 0. The standard InChI is InChI=1S/C16H15N3S/c20-16(18-14-9-5-2-6-10-14)19-15(11-12-17-19)13-7-3-1-4-8-13/h1-10,12,15H,11H2,(H,18,20)/t15-/m0/s1. The van der Waals surface area contributed by atoms with Crippen LogP contribution in [0.3, 0.4) is 0 Å². The van der Waals surface area contributed by atoms with Crippen LogP contribution in [0.2, 0.25) is 0 Å². The molecule has 0 bridgehead atoms. The lowest BCUT2D eigenvalue weighted by molar-refractivity contribution is 0.375. The van der Waals surface area contributed by atoms with Crippen LogP contribution >= 0.6 is 12.2 Å². The first-order chi connectivity index (χ1) is 9.84. The number of benzene rings is 2. The first kappa shape index (κ1) is 12.8. The lowest BCUT2D eigenvalue weighted by Crippen LogP contribution is -2.31. The van der Waals surface area contributed by atoms with Crippen molar-refractivity contribution in [2.75, 3.05) is 5.32 Å². The maximum atomic E-state index is 5.47. The van der Waals surface area contributed by atoms with Crippen molar-refractivity contribution in [1.29, 1.82) is 0 Å². The predicted octanol–water partition coefficient (Wildman–Crippen LogP) is 3.82. The highest BCUT2D eigenvalue weighted by molar-refractivity contribution is 7.80. The summed E-state index contributed by atoms with van der Waals surface area (Å²) in [6.07, 6.45) is 2.79. The smallest absolute Gasteiger partial charge is 0.194 e. The average Bonchev–Trinajstić information content (AvgIpc) is 2.99. The molecule has 0 radical (unpaired) electrons. The van der Waals surface area contributed by atoms with Gasteiger partial charge in [0.1, 0.15) is 0 Å². The van der Waals surface area contributed by atoms with Crippen LogP contribution in [0.15, 0.2) is 65.8 Å². The van der Waals surface area contributed by atoms with Crippen LogP contribution in [-0.4, -0.2) is 16.3 Å². The largest absolute Gasteiger partial charge is 0.331 e. The fourth-order valence-electron chi connectivity index (χ4n) is 2.26. The third-order valence-corrected chi connectivity index (χ3v) is 3.54. The molecule has 100 valence electrons. The molecule has 1 atom stereocenters. The molecule has 0 spiro atoms. The maximum absolute atomic E-state index is 5.47. The lowest BCUT2D eigenvalue weighted by Gasteiger charge is -2.25. The van der Waals surface area contributed by atoms with Gasteiger partial charge in [-0.1, -0.05) is 48.5 Å². The molecule has 1 N–H and O–H groups in total. The van der Waals surface area contributed by atoms with E-state index in [-0.39, 0.29) is 6.04 Å². The van der Waals surface area contributed by atoms with E-state index in [0.29, 0.717) is 5.11 Å². The third-order valence-electron chi connectivity index (χ3n) is 3.25. The highest BCUT2D eigenvalue weighted by atomic mass is 32.1. The molecular weight excluding hydrogens is 266 g/mol. The Labute approximate surface area is 123 Å². The van der Waals surface area contributed by atoms with Crippen LogP contribution in [0.4, 0.5) is 5.69 Å². The molecule has 0 aliphatic carbocycles. The van der Waals surface area contributed by atoms with Gasteiger partial charge in [-0.05, 0) is 29.9 Å². The van der Waals surface area contributed by atoms with Gasteiger partial charge in [-0.15, -0.1) is 0 Å². The second-order valence-corrected chi connectivity index (χ2v) is 4.99. The van der Waals surface area contributed by atoms with Crippen LogP contribution in [-0.2, 0) is 0 Å². The summed E-state index contributed by atoms with van der Waals surface area (Å²) < 4.78 is 0. The van der Waals surface area contributed by atoms with Crippen LogP contribution < -0.4 is 5.32 Å². The third kappa shape index (κ3) is 2.70. The summed E-state index contributed by atoms with van der Waals surface area (Å²) in [7, 11) is 0. The molecule has 0 unspecified atom stereocenters. The van der Waals surface area contributed by atoms with Gasteiger partial charge >= 0.3 is 0 Å². The van der Waals surface area contributed by atoms with Gasteiger partial charge in [-0.3, -0.25) is 0 Å². The monoisotopic (exact) mass is 281 g/mol. The van der Waals surface area contributed by atoms with E-state index in [9.17, 15) is 0 Å². The van der Waals surface area contributed by atoms with E-state index in [1.54, 1.807) is 0 Å². The number of anilines is 1. The molecule has 2 aromatic rings. The summed E-state index contributed by atoms with van der Waals surface area (Å²) in [5, 5.41) is 10.1. The molecule has 3 rings (SSSR count). The number of nitrogens with one attached hydrogen (secondary N) is 1. The molecule has 2 aromatic carbocycles. The number of hydrazone groups is 1. The number of rotatable bonds is 2. The second-order valence-electron chi connectivity index (χ2n) is 4.60. The highest BCUT2D eigenvalue weighted by Crippen LogP contribution is 2.28. The Morgan fingerprint density at radius 1 is 1.05 bits per heavy atom. The van der Waals surface area contributed by atoms with Gasteiger partial charge in [0.2, 0.25) is 0 Å². The summed E-state index contributed by atoms with van der Waals surface area (Å²) >= 11 is 5.47. The topological polar surface area (TPSA) is 27.6 Å². The van der Waals surface area contributed by atoms with Crippen molar-refractivity contribution in [3.8, 4) is 0 Å². The van der Waals surface area contributed by atoms with E-state index < -0.39 is 0 Å². The lowest BCUT2D eigenvalue weighted by atomic mass is 10.1. The van der Waals surface area contributed by atoms with Gasteiger partial charge in [-0.25, -0.2) is 5.01 Å². The number of hydrogen-bond donors (Lipinski definition) is 1. The van der Waals surface area contributed by atoms with Crippen molar-refractivity contribution in [2.24, 2.45) is 5.10 Å². The molecule has 0 amide bonds. The van der Waals surface area contributed by atoms with Gasteiger partial charge in [0.05, 0.1) is 6.04 Å². The van der Waals surface area contributed by atoms with E-state index in [4.69, 9.17) is 12.2 Å². The summed E-state index contributed by atoms with van der Waals surface area (Å²) in [6.45, 7) is 0. The van der Waals surface area contributed by atoms with Crippen molar-refractivity contribution >= 4 is 29.2 Å². The van der Waals surface area contributed by atoms with Crippen molar-refractivity contribution in [3.05, 3.63) is 66.2 Å². The van der Waals surface area contributed by atoms with E-state index in [0.717, 1.165) is 12.1 Å². The van der Waals surface area contributed by atoms with Gasteiger partial charge in [0, 0.05) is 18.3 Å². The molecule has 4 heteroatoms. The molecule has 0 aromatic heterocycles. The number of thiocarbonyl (C=S) groups is 1. The van der Waals surface area contributed by atoms with E-state index in [1.165, 1.54) is 5.56 Å². The van der Waals surface area contributed by atoms with Gasteiger partial charge < -0.3 is 5.32 Å². The van der Waals surface area contributed by atoms with Crippen molar-refractivity contribution in [3.63, 3.8) is 0 Å². The van der Waals surface area contributed by atoms with Crippen molar-refractivity contribution < 1.29 is 0 Å². The van der Waals surface area contributed by atoms with Gasteiger partial charge in [0.15, 0.2) is 5.11 Å². The fraction of sp³-hybridized carbons (Fsp3) is 0.125. The molecule has 1 heterocycles. The van der Waals surface area contributed by atoms with E-state index in [2.05, 4.69) is 22.6 Å². The van der Waals surface area contributed by atoms with Gasteiger partial charge in [-0.2, -0.15) is 5.10 Å². The Morgan fingerprint density at radius 3 is 2.40 bits per heavy atom. The van der Waals surface area contributed by atoms with Crippen LogP contribution in [0, 0.1) is 0 Å². The first-order valence-electron chi connectivity index (χ1n) is 6.57. The van der Waals surface area contributed by atoms with E-state index in [1.807, 2.05) is 59.8 Å². The van der Waals surface area contributed by atoms with E-state index >= 15 is 0 Å². The molecule has 0 saturated carbocycles. The van der Waals surface area contributed by atoms with Crippen molar-refractivity contribution in [2.45, 2.75) is 12.5 Å². The zero-order valence-electron chi connectivity index (χ0n) is 10.9. The fourth-order valence-corrected chi connectivity index (χ4v) is 2.56. The molecule has 0 saturated heterocycles. The number of hydrogen-bond acceptors (Lipinski definition) is 2. The minimum atomic E-state index is 0.180. The molecule has 0 fully saturated rings. The predicted molar refractivity (Wildman–Crippen MR) is 86.8 cm³/mol. The summed E-state index contributed by atoms with van der Waals surface area (Å²) in [4.78, 5) is 0. The zero-order chi connectivity index (χ0) is 13.8. The SMILES string of the molecule is S=C(Nc1ccccc1)N1N=CC[C@H]1c1ccccc1. The zero-order valence-corrected chi connectivity index (χ0v) is 11.8. The van der Waals surface area contributed by atoms with Crippen molar-refractivity contribution in [1.82, 2.24) is 5.01 Å². The molecular formula is C16H15N3S.